The summed E-state index contributed by atoms with van der Waals surface area (Å²) in [5.41, 5.74) is 0.989. The lowest BCUT2D eigenvalue weighted by atomic mass is 9.97. The van der Waals surface area contributed by atoms with Gasteiger partial charge in [-0.1, -0.05) is 12.5 Å². The quantitative estimate of drug-likeness (QED) is 0.915. The maximum absolute atomic E-state index is 12.8. The first-order chi connectivity index (χ1) is 9.79. The van der Waals surface area contributed by atoms with Gasteiger partial charge in [0, 0.05) is 12.2 Å². The van der Waals surface area contributed by atoms with Gasteiger partial charge in [-0.25, -0.2) is 0 Å². The van der Waals surface area contributed by atoms with Crippen molar-refractivity contribution in [1.29, 1.82) is 0 Å². The second-order valence-electron chi connectivity index (χ2n) is 5.96. The van der Waals surface area contributed by atoms with Gasteiger partial charge in [0.05, 0.1) is 18.3 Å². The molecule has 1 aliphatic heterocycles. The summed E-state index contributed by atoms with van der Waals surface area (Å²) < 4.78 is 0. The zero-order valence-corrected chi connectivity index (χ0v) is 12.1. The molecule has 1 saturated carbocycles. The zero-order valence-electron chi connectivity index (χ0n) is 12.1. The molecule has 20 heavy (non-hydrogen) atoms. The van der Waals surface area contributed by atoms with Gasteiger partial charge in [0.2, 0.25) is 5.91 Å². The third kappa shape index (κ3) is 2.57. The molecule has 2 aliphatic rings. The molecule has 1 aromatic heterocycles. The third-order valence-corrected chi connectivity index (χ3v) is 4.83. The number of fused-ring (bicyclic) bond motifs is 1. The Hall–Kier alpha value is -1.42. The number of pyridine rings is 1. The number of hydrogen-bond acceptors (Lipinski definition) is 3. The highest BCUT2D eigenvalue weighted by Crippen LogP contribution is 2.37. The van der Waals surface area contributed by atoms with Crippen molar-refractivity contribution in [2.24, 2.45) is 5.92 Å². The summed E-state index contributed by atoms with van der Waals surface area (Å²) in [6.45, 7) is 0.652. The molecule has 1 amide bonds. The standard InChI is InChI=1S/C16H23N3O/c1-17-14-9-8-12-5-4-7-15(12)19(16(14)20)11-13-6-2-3-10-18-13/h2-3,6,10,12,14-15,17H,4-5,7-9,11H2,1H3. The first kappa shape index (κ1) is 13.6. The van der Waals surface area contributed by atoms with Gasteiger partial charge in [0.1, 0.15) is 0 Å². The average molecular weight is 273 g/mol. The number of hydrogen-bond donors (Lipinski definition) is 1. The van der Waals surface area contributed by atoms with E-state index in [1.54, 1.807) is 6.20 Å². The van der Waals surface area contributed by atoms with Crippen molar-refractivity contribution in [3.8, 4) is 0 Å². The van der Waals surface area contributed by atoms with E-state index in [1.165, 1.54) is 19.3 Å². The number of nitrogens with one attached hydrogen (secondary N) is 1. The van der Waals surface area contributed by atoms with Gasteiger partial charge < -0.3 is 10.2 Å². The van der Waals surface area contributed by atoms with Gasteiger partial charge in [-0.05, 0) is 50.8 Å². The molecule has 0 radical (unpaired) electrons. The van der Waals surface area contributed by atoms with Crippen molar-refractivity contribution in [3.63, 3.8) is 0 Å². The van der Waals surface area contributed by atoms with Crippen LogP contribution >= 0.6 is 0 Å². The molecule has 0 bridgehead atoms. The molecule has 1 aromatic rings. The molecule has 4 nitrogen and oxygen atoms in total. The Bertz CT molecular complexity index is 462. The average Bonchev–Trinajstić information content (AvgIpc) is 2.90. The van der Waals surface area contributed by atoms with Crippen molar-refractivity contribution < 1.29 is 4.79 Å². The van der Waals surface area contributed by atoms with Crippen molar-refractivity contribution >= 4 is 5.91 Å². The van der Waals surface area contributed by atoms with Crippen LogP contribution in [0.2, 0.25) is 0 Å². The Morgan fingerprint density at radius 2 is 2.20 bits per heavy atom. The number of rotatable bonds is 3. The number of likely N-dealkylation sites (tertiary alicyclic amines) is 1. The summed E-state index contributed by atoms with van der Waals surface area (Å²) in [4.78, 5) is 19.2. The summed E-state index contributed by atoms with van der Waals surface area (Å²) in [5, 5.41) is 3.19. The van der Waals surface area contributed by atoms with Gasteiger partial charge in [0.25, 0.3) is 0 Å². The molecular formula is C16H23N3O. The highest BCUT2D eigenvalue weighted by molar-refractivity contribution is 5.82. The molecule has 3 rings (SSSR count). The predicted molar refractivity (Wildman–Crippen MR) is 78.0 cm³/mol. The molecule has 1 saturated heterocycles. The van der Waals surface area contributed by atoms with E-state index < -0.39 is 0 Å². The number of amides is 1. The van der Waals surface area contributed by atoms with Crippen molar-refractivity contribution in [3.05, 3.63) is 30.1 Å². The summed E-state index contributed by atoms with van der Waals surface area (Å²) in [6, 6.07) is 6.32. The number of carbonyl (C=O) groups excluding carboxylic acids is 1. The van der Waals surface area contributed by atoms with Crippen LogP contribution in [0.25, 0.3) is 0 Å². The molecule has 1 aliphatic carbocycles. The van der Waals surface area contributed by atoms with E-state index >= 15 is 0 Å². The number of carbonyl (C=O) groups is 1. The SMILES string of the molecule is CNC1CCC2CCCC2N(Cc2ccccn2)C1=O. The van der Waals surface area contributed by atoms with Crippen LogP contribution in [0.1, 0.15) is 37.8 Å². The van der Waals surface area contributed by atoms with Gasteiger partial charge in [0.15, 0.2) is 0 Å². The Kier molecular flexibility index (Phi) is 4.01. The largest absolute Gasteiger partial charge is 0.332 e. The number of nitrogens with zero attached hydrogens (tertiary/aromatic N) is 2. The van der Waals surface area contributed by atoms with Crippen LogP contribution < -0.4 is 5.32 Å². The maximum atomic E-state index is 12.8. The lowest BCUT2D eigenvalue weighted by Crippen LogP contribution is -2.47. The first-order valence-corrected chi connectivity index (χ1v) is 7.67. The van der Waals surface area contributed by atoms with E-state index in [-0.39, 0.29) is 11.9 Å². The Labute approximate surface area is 120 Å². The second kappa shape index (κ2) is 5.92. The van der Waals surface area contributed by atoms with Crippen LogP contribution in [0.3, 0.4) is 0 Å². The van der Waals surface area contributed by atoms with Crippen LogP contribution in [0.15, 0.2) is 24.4 Å². The molecule has 3 unspecified atom stereocenters. The van der Waals surface area contributed by atoms with Gasteiger partial charge >= 0.3 is 0 Å². The summed E-state index contributed by atoms with van der Waals surface area (Å²) in [6.07, 6.45) is 7.62. The van der Waals surface area contributed by atoms with Crippen molar-refractivity contribution in [2.45, 2.75) is 50.7 Å². The van der Waals surface area contributed by atoms with E-state index in [0.29, 0.717) is 18.5 Å². The smallest absolute Gasteiger partial charge is 0.240 e. The Morgan fingerprint density at radius 3 is 2.95 bits per heavy atom. The summed E-state index contributed by atoms with van der Waals surface area (Å²) in [5.74, 6) is 0.938. The van der Waals surface area contributed by atoms with Crippen LogP contribution in [0, 0.1) is 5.92 Å². The normalized spacial score (nSPS) is 30.1. The van der Waals surface area contributed by atoms with Crippen LogP contribution in [-0.4, -0.2) is 34.9 Å². The lowest BCUT2D eigenvalue weighted by Gasteiger charge is -2.32. The fraction of sp³-hybridized carbons (Fsp3) is 0.625. The van der Waals surface area contributed by atoms with E-state index in [4.69, 9.17) is 0 Å². The third-order valence-electron chi connectivity index (χ3n) is 4.83. The molecule has 3 atom stereocenters. The first-order valence-electron chi connectivity index (χ1n) is 7.67. The topological polar surface area (TPSA) is 45.2 Å². The Balaban J connectivity index is 1.84. The van der Waals surface area contributed by atoms with E-state index in [2.05, 4.69) is 15.2 Å². The minimum absolute atomic E-state index is 0.0238. The van der Waals surface area contributed by atoms with E-state index in [0.717, 1.165) is 18.5 Å². The lowest BCUT2D eigenvalue weighted by molar-refractivity contribution is -0.136. The van der Waals surface area contributed by atoms with Crippen LogP contribution in [0.4, 0.5) is 0 Å². The molecular weight excluding hydrogens is 250 g/mol. The molecule has 1 N–H and O–H groups in total. The van der Waals surface area contributed by atoms with Gasteiger partial charge in [-0.15, -0.1) is 0 Å². The fourth-order valence-corrected chi connectivity index (χ4v) is 3.76. The molecule has 108 valence electrons. The minimum atomic E-state index is -0.0238. The molecule has 0 aromatic carbocycles. The predicted octanol–water partition coefficient (Wildman–Crippen LogP) is 1.96. The minimum Gasteiger partial charge on any atom is -0.332 e. The number of likely N-dealkylation sites (N-methyl/N-ethyl adjacent to an activating group) is 1. The maximum Gasteiger partial charge on any atom is 0.240 e. The number of aromatic nitrogens is 1. The summed E-state index contributed by atoms with van der Waals surface area (Å²) in [7, 11) is 1.89. The highest BCUT2D eigenvalue weighted by atomic mass is 16.2. The van der Waals surface area contributed by atoms with Gasteiger partial charge in [-0.2, -0.15) is 0 Å². The van der Waals surface area contributed by atoms with Crippen molar-refractivity contribution in [2.75, 3.05) is 7.05 Å². The molecule has 4 heteroatoms. The zero-order chi connectivity index (χ0) is 13.9. The molecule has 0 spiro atoms. The van der Waals surface area contributed by atoms with Crippen LogP contribution in [-0.2, 0) is 11.3 Å². The van der Waals surface area contributed by atoms with E-state index in [1.807, 2.05) is 25.2 Å². The molecule has 2 heterocycles. The fourth-order valence-electron chi connectivity index (χ4n) is 3.76. The molecule has 2 fully saturated rings. The second-order valence-corrected chi connectivity index (χ2v) is 5.96. The van der Waals surface area contributed by atoms with Crippen LogP contribution in [0.5, 0.6) is 0 Å². The van der Waals surface area contributed by atoms with E-state index in [9.17, 15) is 4.79 Å². The highest BCUT2D eigenvalue weighted by Gasteiger charge is 2.40. The van der Waals surface area contributed by atoms with Crippen molar-refractivity contribution in [1.82, 2.24) is 15.2 Å². The summed E-state index contributed by atoms with van der Waals surface area (Å²) >= 11 is 0. The Morgan fingerprint density at radius 1 is 1.30 bits per heavy atom. The monoisotopic (exact) mass is 273 g/mol. The van der Waals surface area contributed by atoms with Gasteiger partial charge in [-0.3, -0.25) is 9.78 Å².